The maximum atomic E-state index is 9.14. The maximum absolute atomic E-state index is 9.14. The van der Waals surface area contributed by atoms with Gasteiger partial charge in [-0.2, -0.15) is 0 Å². The molecule has 0 bridgehead atoms. The van der Waals surface area contributed by atoms with Gasteiger partial charge in [-0.05, 0) is 24.6 Å². The van der Waals surface area contributed by atoms with Gasteiger partial charge in [0.1, 0.15) is 0 Å². The van der Waals surface area contributed by atoms with E-state index in [0.29, 0.717) is 0 Å². The first-order valence-corrected chi connectivity index (χ1v) is 4.65. The van der Waals surface area contributed by atoms with Crippen LogP contribution in [0.25, 0.3) is 0 Å². The van der Waals surface area contributed by atoms with Crippen LogP contribution in [0.2, 0.25) is 0 Å². The molecule has 0 aliphatic rings. The third kappa shape index (κ3) is 2.25. The van der Waals surface area contributed by atoms with E-state index in [0.717, 1.165) is 11.3 Å². The number of hydrogen-bond acceptors (Lipinski definition) is 3. The predicted molar refractivity (Wildman–Crippen MR) is 59.4 cm³/mol. The lowest BCUT2D eigenvalue weighted by Crippen LogP contribution is -2.37. The summed E-state index contributed by atoms with van der Waals surface area (Å²) in [5, 5.41) is 9.14. The molecule has 3 heteroatoms. The molecular weight excluding hydrogens is 176 g/mol. The average Bonchev–Trinajstić information content (AvgIpc) is 2.18. The van der Waals surface area contributed by atoms with E-state index in [1.54, 1.807) is 0 Å². The first-order valence-electron chi connectivity index (χ1n) is 4.65. The molecule has 3 N–H and O–H groups in total. The van der Waals surface area contributed by atoms with Crippen molar-refractivity contribution >= 4 is 5.69 Å². The smallest absolute Gasteiger partial charge is 0.0650 e. The quantitative estimate of drug-likeness (QED) is 0.752. The fourth-order valence-corrected chi connectivity index (χ4v) is 1.23. The highest BCUT2D eigenvalue weighted by Crippen LogP contribution is 2.21. The van der Waals surface area contributed by atoms with Crippen molar-refractivity contribution in [2.75, 3.05) is 25.6 Å². The van der Waals surface area contributed by atoms with Crippen LogP contribution in [0.4, 0.5) is 5.69 Å². The van der Waals surface area contributed by atoms with Gasteiger partial charge in [0, 0.05) is 19.8 Å². The Labute approximate surface area is 85.2 Å². The van der Waals surface area contributed by atoms with Gasteiger partial charge in [0.2, 0.25) is 0 Å². The van der Waals surface area contributed by atoms with Crippen LogP contribution in [0.3, 0.4) is 0 Å². The molecule has 0 amide bonds. The van der Waals surface area contributed by atoms with Gasteiger partial charge in [-0.25, -0.2) is 0 Å². The standard InChI is InChI=1S/C11H18N2O/c1-11(12,8-14)9-5-4-6-10(7-9)13(2)3/h4-7,14H,8,12H2,1-3H3/t11-/m0/s1. The predicted octanol–water partition coefficient (Wildman–Crippen LogP) is 0.919. The van der Waals surface area contributed by atoms with Crippen LogP contribution in [0.1, 0.15) is 12.5 Å². The summed E-state index contributed by atoms with van der Waals surface area (Å²) in [5.74, 6) is 0. The van der Waals surface area contributed by atoms with Crippen molar-refractivity contribution in [3.8, 4) is 0 Å². The van der Waals surface area contributed by atoms with Gasteiger partial charge >= 0.3 is 0 Å². The molecule has 0 unspecified atom stereocenters. The first kappa shape index (κ1) is 11.0. The molecule has 0 aliphatic heterocycles. The molecule has 3 nitrogen and oxygen atoms in total. The molecule has 1 atom stereocenters. The first-order chi connectivity index (χ1) is 6.47. The summed E-state index contributed by atoms with van der Waals surface area (Å²) in [6, 6.07) is 7.89. The number of rotatable bonds is 3. The molecule has 0 aliphatic carbocycles. The van der Waals surface area contributed by atoms with Crippen molar-refractivity contribution in [3.63, 3.8) is 0 Å². The van der Waals surface area contributed by atoms with E-state index in [-0.39, 0.29) is 6.61 Å². The zero-order valence-corrected chi connectivity index (χ0v) is 8.99. The minimum absolute atomic E-state index is 0.0517. The summed E-state index contributed by atoms with van der Waals surface area (Å²) >= 11 is 0. The van der Waals surface area contributed by atoms with Crippen molar-refractivity contribution in [3.05, 3.63) is 29.8 Å². The lowest BCUT2D eigenvalue weighted by molar-refractivity contribution is 0.210. The van der Waals surface area contributed by atoms with Crippen LogP contribution < -0.4 is 10.6 Å². The summed E-state index contributed by atoms with van der Waals surface area (Å²) in [6.45, 7) is 1.77. The van der Waals surface area contributed by atoms with Crippen LogP contribution >= 0.6 is 0 Å². The van der Waals surface area contributed by atoms with E-state index < -0.39 is 5.54 Å². The molecule has 0 aromatic heterocycles. The molecule has 0 spiro atoms. The second-order valence-corrected chi connectivity index (χ2v) is 4.02. The summed E-state index contributed by atoms with van der Waals surface area (Å²) in [7, 11) is 3.96. The molecule has 1 aromatic rings. The number of benzene rings is 1. The minimum Gasteiger partial charge on any atom is -0.394 e. The number of hydrogen-bond donors (Lipinski definition) is 2. The number of aliphatic hydroxyl groups is 1. The lowest BCUT2D eigenvalue weighted by atomic mass is 9.94. The molecule has 0 saturated heterocycles. The Bertz CT molecular complexity index is 308. The minimum atomic E-state index is -0.661. The highest BCUT2D eigenvalue weighted by Gasteiger charge is 2.19. The van der Waals surface area contributed by atoms with E-state index in [9.17, 15) is 0 Å². The SMILES string of the molecule is CN(C)c1cccc([C@@](C)(N)CO)c1. The van der Waals surface area contributed by atoms with Crippen LogP contribution in [0, 0.1) is 0 Å². The van der Waals surface area contributed by atoms with Gasteiger partial charge in [0.15, 0.2) is 0 Å². The van der Waals surface area contributed by atoms with Crippen molar-refractivity contribution in [1.82, 2.24) is 0 Å². The molecular formula is C11H18N2O. The van der Waals surface area contributed by atoms with E-state index in [1.165, 1.54) is 0 Å². The van der Waals surface area contributed by atoms with Crippen molar-refractivity contribution in [2.45, 2.75) is 12.5 Å². The zero-order valence-electron chi connectivity index (χ0n) is 8.99. The fraction of sp³-hybridized carbons (Fsp3) is 0.455. The van der Waals surface area contributed by atoms with Crippen LogP contribution in [0.5, 0.6) is 0 Å². The highest BCUT2D eigenvalue weighted by molar-refractivity contribution is 5.48. The van der Waals surface area contributed by atoms with Gasteiger partial charge in [-0.15, -0.1) is 0 Å². The molecule has 1 rings (SSSR count). The van der Waals surface area contributed by atoms with E-state index in [4.69, 9.17) is 10.8 Å². The van der Waals surface area contributed by atoms with Crippen LogP contribution in [-0.2, 0) is 5.54 Å². The lowest BCUT2D eigenvalue weighted by Gasteiger charge is -2.24. The molecule has 78 valence electrons. The molecule has 0 saturated carbocycles. The molecule has 0 heterocycles. The molecule has 0 fully saturated rings. The number of nitrogens with zero attached hydrogens (tertiary/aromatic N) is 1. The van der Waals surface area contributed by atoms with Crippen molar-refractivity contribution < 1.29 is 5.11 Å². The second-order valence-electron chi connectivity index (χ2n) is 4.02. The van der Waals surface area contributed by atoms with Crippen molar-refractivity contribution in [1.29, 1.82) is 0 Å². The van der Waals surface area contributed by atoms with Gasteiger partial charge in [-0.1, -0.05) is 12.1 Å². The zero-order chi connectivity index (χ0) is 10.8. The Balaban J connectivity index is 3.05. The summed E-state index contributed by atoms with van der Waals surface area (Å²) < 4.78 is 0. The average molecular weight is 194 g/mol. The van der Waals surface area contributed by atoms with Gasteiger partial charge < -0.3 is 15.7 Å². The topological polar surface area (TPSA) is 49.5 Å². The largest absolute Gasteiger partial charge is 0.394 e. The fourth-order valence-electron chi connectivity index (χ4n) is 1.23. The van der Waals surface area contributed by atoms with E-state index in [2.05, 4.69) is 0 Å². The Kier molecular flexibility index (Phi) is 3.13. The van der Waals surface area contributed by atoms with E-state index in [1.807, 2.05) is 50.2 Å². The Hall–Kier alpha value is -1.06. The van der Waals surface area contributed by atoms with Crippen LogP contribution in [0.15, 0.2) is 24.3 Å². The number of nitrogens with two attached hydrogens (primary N) is 1. The third-order valence-electron chi connectivity index (χ3n) is 2.35. The molecule has 0 radical (unpaired) electrons. The van der Waals surface area contributed by atoms with Gasteiger partial charge in [0.05, 0.1) is 12.1 Å². The number of anilines is 1. The van der Waals surface area contributed by atoms with Crippen molar-refractivity contribution in [2.24, 2.45) is 5.73 Å². The molecule has 14 heavy (non-hydrogen) atoms. The highest BCUT2D eigenvalue weighted by atomic mass is 16.3. The normalized spacial score (nSPS) is 14.9. The molecule has 1 aromatic carbocycles. The van der Waals surface area contributed by atoms with E-state index >= 15 is 0 Å². The number of aliphatic hydroxyl groups excluding tert-OH is 1. The summed E-state index contributed by atoms with van der Waals surface area (Å²) in [4.78, 5) is 2.01. The summed E-state index contributed by atoms with van der Waals surface area (Å²) in [5.41, 5.74) is 7.32. The van der Waals surface area contributed by atoms with Gasteiger partial charge in [0.25, 0.3) is 0 Å². The third-order valence-corrected chi connectivity index (χ3v) is 2.35. The maximum Gasteiger partial charge on any atom is 0.0650 e. The Morgan fingerprint density at radius 2 is 2.07 bits per heavy atom. The summed E-state index contributed by atoms with van der Waals surface area (Å²) in [6.07, 6.45) is 0. The van der Waals surface area contributed by atoms with Crippen LogP contribution in [-0.4, -0.2) is 25.8 Å². The van der Waals surface area contributed by atoms with Gasteiger partial charge in [-0.3, -0.25) is 0 Å². The Morgan fingerprint density at radius 1 is 1.43 bits per heavy atom. The monoisotopic (exact) mass is 194 g/mol. The Morgan fingerprint density at radius 3 is 2.57 bits per heavy atom. The second kappa shape index (κ2) is 3.98.